The van der Waals surface area contributed by atoms with Crippen molar-refractivity contribution in [3.8, 4) is 5.75 Å². The number of aryl methyl sites for hydroxylation is 1. The van der Waals surface area contributed by atoms with Crippen LogP contribution in [0.5, 0.6) is 5.75 Å². The van der Waals surface area contributed by atoms with Crippen LogP contribution in [0.1, 0.15) is 37.8 Å². The molecule has 0 saturated heterocycles. The number of nitrogens with one attached hydrogen (secondary N) is 1. The topological polar surface area (TPSA) is 68.5 Å². The molecule has 6 nitrogen and oxygen atoms in total. The molecule has 0 spiro atoms. The van der Waals surface area contributed by atoms with E-state index in [-0.39, 0.29) is 5.91 Å². The second-order valence-corrected chi connectivity index (χ2v) is 6.35. The zero-order valence-corrected chi connectivity index (χ0v) is 14.9. The summed E-state index contributed by atoms with van der Waals surface area (Å²) >= 11 is 0. The second-order valence-electron chi connectivity index (χ2n) is 6.35. The number of aromatic nitrogens is 3. The maximum Gasteiger partial charge on any atom is 0.266 e. The van der Waals surface area contributed by atoms with Gasteiger partial charge in [-0.05, 0) is 49.1 Å². The van der Waals surface area contributed by atoms with Crippen molar-refractivity contribution in [2.75, 3.05) is 5.32 Å². The smallest absolute Gasteiger partial charge is 0.266 e. The molecule has 0 radical (unpaired) electrons. The molecule has 2 heterocycles. The van der Waals surface area contributed by atoms with Gasteiger partial charge in [-0.15, -0.1) is 0 Å². The zero-order chi connectivity index (χ0) is 18.0. The van der Waals surface area contributed by atoms with Crippen LogP contribution in [0.3, 0.4) is 0 Å². The molecule has 1 amide bonds. The van der Waals surface area contributed by atoms with E-state index >= 15 is 0 Å². The van der Waals surface area contributed by atoms with E-state index in [2.05, 4.69) is 42.2 Å². The number of rotatable bonds is 5. The van der Waals surface area contributed by atoms with Gasteiger partial charge >= 0.3 is 0 Å². The maximum atomic E-state index is 12.4. The van der Waals surface area contributed by atoms with Gasteiger partial charge < -0.3 is 10.1 Å². The number of fused-ring (bicyclic) bond motifs is 1. The largest absolute Gasteiger partial charge is 0.481 e. The van der Waals surface area contributed by atoms with Crippen molar-refractivity contribution in [3.05, 3.63) is 53.9 Å². The lowest BCUT2D eigenvalue weighted by Crippen LogP contribution is -2.31. The first kappa shape index (κ1) is 17.0. The Morgan fingerprint density at radius 3 is 2.68 bits per heavy atom. The van der Waals surface area contributed by atoms with Crippen LogP contribution in [0.4, 0.5) is 5.82 Å². The number of carbonyl (C=O) groups is 1. The van der Waals surface area contributed by atoms with Crippen LogP contribution in [-0.4, -0.2) is 26.6 Å². The molecule has 0 saturated carbocycles. The fraction of sp³-hybridized carbons (Fsp3) is 0.316. The summed E-state index contributed by atoms with van der Waals surface area (Å²) in [4.78, 5) is 16.6. The maximum absolute atomic E-state index is 12.4. The van der Waals surface area contributed by atoms with Gasteiger partial charge in [-0.25, -0.2) is 4.98 Å². The highest BCUT2D eigenvalue weighted by Gasteiger charge is 2.17. The van der Waals surface area contributed by atoms with E-state index in [1.165, 1.54) is 5.56 Å². The molecule has 130 valence electrons. The Kier molecular flexibility index (Phi) is 4.70. The van der Waals surface area contributed by atoms with Gasteiger partial charge in [0.1, 0.15) is 11.6 Å². The van der Waals surface area contributed by atoms with Crippen LogP contribution >= 0.6 is 0 Å². The van der Waals surface area contributed by atoms with Crippen molar-refractivity contribution in [1.82, 2.24) is 14.6 Å². The predicted octanol–water partition coefficient (Wildman–Crippen LogP) is 3.57. The number of hydrogen-bond donors (Lipinski definition) is 1. The van der Waals surface area contributed by atoms with Crippen LogP contribution in [0.15, 0.2) is 42.7 Å². The number of ether oxygens (including phenoxy) is 1. The fourth-order valence-corrected chi connectivity index (χ4v) is 2.78. The van der Waals surface area contributed by atoms with E-state index < -0.39 is 6.10 Å². The number of amides is 1. The van der Waals surface area contributed by atoms with E-state index in [0.29, 0.717) is 23.1 Å². The third kappa shape index (κ3) is 3.63. The molecule has 2 aromatic heterocycles. The van der Waals surface area contributed by atoms with Crippen molar-refractivity contribution in [2.24, 2.45) is 0 Å². The van der Waals surface area contributed by atoms with E-state index in [4.69, 9.17) is 4.74 Å². The minimum absolute atomic E-state index is 0.242. The molecule has 1 N–H and O–H groups in total. The standard InChI is InChI=1S/C19H22N4O2/c1-12(2)16-6-5-15(11-13(16)3)25-14(4)19(24)22-18-7-9-20-17-8-10-21-23(17)18/h5-12,14H,1-4H3,(H,22,24). The third-order valence-electron chi connectivity index (χ3n) is 4.09. The van der Waals surface area contributed by atoms with Crippen LogP contribution < -0.4 is 10.1 Å². The Bertz CT molecular complexity index is 901. The molecular formula is C19H22N4O2. The summed E-state index contributed by atoms with van der Waals surface area (Å²) in [5, 5.41) is 6.98. The molecule has 6 heteroatoms. The molecule has 0 fully saturated rings. The molecule has 1 atom stereocenters. The molecule has 0 aliphatic heterocycles. The first-order valence-corrected chi connectivity index (χ1v) is 8.32. The summed E-state index contributed by atoms with van der Waals surface area (Å²) in [5.41, 5.74) is 3.11. The first-order valence-electron chi connectivity index (χ1n) is 8.32. The lowest BCUT2D eigenvalue weighted by atomic mass is 9.98. The van der Waals surface area contributed by atoms with Crippen molar-refractivity contribution >= 4 is 17.4 Å². The van der Waals surface area contributed by atoms with Crippen LogP contribution in [0.25, 0.3) is 5.65 Å². The highest BCUT2D eigenvalue weighted by molar-refractivity contribution is 5.93. The summed E-state index contributed by atoms with van der Waals surface area (Å²) < 4.78 is 7.38. The lowest BCUT2D eigenvalue weighted by molar-refractivity contribution is -0.122. The second kappa shape index (κ2) is 6.93. The fourth-order valence-electron chi connectivity index (χ4n) is 2.78. The van der Waals surface area contributed by atoms with Gasteiger partial charge in [0.2, 0.25) is 0 Å². The van der Waals surface area contributed by atoms with E-state index in [1.807, 2.05) is 12.1 Å². The van der Waals surface area contributed by atoms with Gasteiger partial charge in [-0.2, -0.15) is 9.61 Å². The van der Waals surface area contributed by atoms with Crippen molar-refractivity contribution in [1.29, 1.82) is 0 Å². The highest BCUT2D eigenvalue weighted by Crippen LogP contribution is 2.24. The van der Waals surface area contributed by atoms with Gasteiger partial charge in [-0.1, -0.05) is 19.9 Å². The molecule has 0 aliphatic rings. The molecular weight excluding hydrogens is 316 g/mol. The normalized spacial score (nSPS) is 12.4. The van der Waals surface area contributed by atoms with Gasteiger partial charge in [0.15, 0.2) is 11.8 Å². The molecule has 1 unspecified atom stereocenters. The SMILES string of the molecule is Cc1cc(OC(C)C(=O)Nc2ccnc3ccnn23)ccc1C(C)C. The third-order valence-corrected chi connectivity index (χ3v) is 4.09. The van der Waals surface area contributed by atoms with E-state index in [0.717, 1.165) is 5.56 Å². The summed E-state index contributed by atoms with van der Waals surface area (Å²) in [7, 11) is 0. The Hall–Kier alpha value is -2.89. The Morgan fingerprint density at radius 1 is 1.16 bits per heavy atom. The first-order chi connectivity index (χ1) is 12.0. The average molecular weight is 338 g/mol. The van der Waals surface area contributed by atoms with Crippen LogP contribution in [-0.2, 0) is 4.79 Å². The Labute approximate surface area is 146 Å². The van der Waals surface area contributed by atoms with Crippen LogP contribution in [0, 0.1) is 6.92 Å². The highest BCUT2D eigenvalue weighted by atomic mass is 16.5. The summed E-state index contributed by atoms with van der Waals surface area (Å²) in [6.45, 7) is 8.09. The monoisotopic (exact) mass is 338 g/mol. The molecule has 25 heavy (non-hydrogen) atoms. The number of anilines is 1. The predicted molar refractivity (Wildman–Crippen MR) is 97.0 cm³/mol. The number of benzene rings is 1. The Morgan fingerprint density at radius 2 is 1.96 bits per heavy atom. The lowest BCUT2D eigenvalue weighted by Gasteiger charge is -2.17. The molecule has 0 aliphatic carbocycles. The van der Waals surface area contributed by atoms with Gasteiger partial charge in [0.05, 0.1) is 6.20 Å². The molecule has 1 aromatic carbocycles. The molecule has 0 bridgehead atoms. The van der Waals surface area contributed by atoms with E-state index in [9.17, 15) is 4.79 Å². The number of hydrogen-bond acceptors (Lipinski definition) is 4. The van der Waals surface area contributed by atoms with Gasteiger partial charge in [0, 0.05) is 12.3 Å². The Balaban J connectivity index is 1.71. The van der Waals surface area contributed by atoms with E-state index in [1.54, 1.807) is 36.0 Å². The quantitative estimate of drug-likeness (QED) is 0.772. The minimum atomic E-state index is -0.636. The number of nitrogens with zero attached hydrogens (tertiary/aromatic N) is 3. The number of carbonyl (C=O) groups excluding carboxylic acids is 1. The average Bonchev–Trinajstić information content (AvgIpc) is 3.04. The zero-order valence-electron chi connectivity index (χ0n) is 14.9. The minimum Gasteiger partial charge on any atom is -0.481 e. The molecule has 3 aromatic rings. The summed E-state index contributed by atoms with van der Waals surface area (Å²) in [6.07, 6.45) is 2.63. The van der Waals surface area contributed by atoms with Gasteiger partial charge in [-0.3, -0.25) is 4.79 Å². The van der Waals surface area contributed by atoms with Crippen molar-refractivity contribution < 1.29 is 9.53 Å². The van der Waals surface area contributed by atoms with Crippen LogP contribution in [0.2, 0.25) is 0 Å². The van der Waals surface area contributed by atoms with Crippen molar-refractivity contribution in [3.63, 3.8) is 0 Å². The summed E-state index contributed by atoms with van der Waals surface area (Å²) in [6, 6.07) is 9.40. The summed E-state index contributed by atoms with van der Waals surface area (Å²) in [5.74, 6) is 1.46. The van der Waals surface area contributed by atoms with Gasteiger partial charge in [0.25, 0.3) is 5.91 Å². The van der Waals surface area contributed by atoms with Crippen molar-refractivity contribution in [2.45, 2.75) is 39.7 Å². The molecule has 3 rings (SSSR count).